The number of aryl methyl sites for hydroxylation is 1. The van der Waals surface area contributed by atoms with Crippen LogP contribution in [0.5, 0.6) is 5.75 Å². The Balaban J connectivity index is 1.37. The molecule has 0 saturated heterocycles. The summed E-state index contributed by atoms with van der Waals surface area (Å²) in [5, 5.41) is 2.60. The van der Waals surface area contributed by atoms with Crippen LogP contribution in [0.2, 0.25) is 0 Å². The van der Waals surface area contributed by atoms with Crippen molar-refractivity contribution in [3.05, 3.63) is 83.4 Å². The van der Waals surface area contributed by atoms with Gasteiger partial charge < -0.3 is 14.8 Å². The maximum Gasteiger partial charge on any atom is 0.338 e. The first-order valence-electron chi connectivity index (χ1n) is 10.2. The average molecular weight is 480 g/mol. The normalized spacial score (nSPS) is 12.7. The van der Waals surface area contributed by atoms with Gasteiger partial charge in [-0.25, -0.2) is 13.2 Å². The van der Waals surface area contributed by atoms with Gasteiger partial charge in [-0.3, -0.25) is 14.3 Å². The van der Waals surface area contributed by atoms with Crippen LogP contribution in [0.25, 0.3) is 0 Å². The van der Waals surface area contributed by atoms with Crippen molar-refractivity contribution in [1.29, 1.82) is 0 Å². The largest absolute Gasteiger partial charge is 0.482 e. The molecule has 0 fully saturated rings. The molecule has 0 bridgehead atoms. The minimum absolute atomic E-state index is 0.0287. The van der Waals surface area contributed by atoms with E-state index in [2.05, 4.69) is 10.0 Å². The Hall–Kier alpha value is -4.18. The lowest BCUT2D eigenvalue weighted by Gasteiger charge is -2.18. The summed E-state index contributed by atoms with van der Waals surface area (Å²) in [5.74, 6) is -1.14. The number of carbonyl (C=O) groups is 3. The number of sulfonamides is 1. The lowest BCUT2D eigenvalue weighted by Crippen LogP contribution is -2.25. The van der Waals surface area contributed by atoms with Crippen LogP contribution in [-0.4, -0.2) is 39.3 Å². The van der Waals surface area contributed by atoms with E-state index in [4.69, 9.17) is 9.47 Å². The van der Waals surface area contributed by atoms with Gasteiger partial charge in [-0.2, -0.15) is 0 Å². The first kappa shape index (κ1) is 23.0. The molecule has 34 heavy (non-hydrogen) atoms. The molecule has 9 nitrogen and oxygen atoms in total. The van der Waals surface area contributed by atoms with E-state index in [1.807, 2.05) is 6.92 Å². The monoisotopic (exact) mass is 480 g/mol. The molecule has 0 saturated carbocycles. The van der Waals surface area contributed by atoms with E-state index in [0.717, 1.165) is 5.56 Å². The summed E-state index contributed by atoms with van der Waals surface area (Å²) in [7, 11) is -3.84. The summed E-state index contributed by atoms with van der Waals surface area (Å²) < 4.78 is 37.9. The van der Waals surface area contributed by atoms with Gasteiger partial charge in [0.15, 0.2) is 19.0 Å². The first-order chi connectivity index (χ1) is 16.2. The van der Waals surface area contributed by atoms with Crippen molar-refractivity contribution in [1.82, 2.24) is 0 Å². The smallest absolute Gasteiger partial charge is 0.338 e. The van der Waals surface area contributed by atoms with Crippen LogP contribution >= 0.6 is 0 Å². The van der Waals surface area contributed by atoms with Gasteiger partial charge in [0.25, 0.3) is 15.9 Å². The van der Waals surface area contributed by atoms with Crippen LogP contribution in [0.1, 0.15) is 26.3 Å². The minimum Gasteiger partial charge on any atom is -0.482 e. The fourth-order valence-corrected chi connectivity index (χ4v) is 4.22. The van der Waals surface area contributed by atoms with Crippen molar-refractivity contribution in [2.75, 3.05) is 23.3 Å². The van der Waals surface area contributed by atoms with Gasteiger partial charge in [-0.05, 0) is 61.5 Å². The van der Waals surface area contributed by atoms with Gasteiger partial charge >= 0.3 is 5.97 Å². The molecule has 0 aliphatic carbocycles. The Labute approximate surface area is 195 Å². The van der Waals surface area contributed by atoms with E-state index in [-0.39, 0.29) is 28.5 Å². The molecule has 0 radical (unpaired) electrons. The van der Waals surface area contributed by atoms with Crippen LogP contribution < -0.4 is 14.8 Å². The second kappa shape index (κ2) is 9.36. The van der Waals surface area contributed by atoms with Gasteiger partial charge in [-0.1, -0.05) is 17.7 Å². The topological polar surface area (TPSA) is 128 Å². The molecule has 2 N–H and O–H groups in total. The van der Waals surface area contributed by atoms with Crippen LogP contribution in [-0.2, 0) is 19.6 Å². The molecule has 174 valence electrons. The van der Waals surface area contributed by atoms with Gasteiger partial charge in [0.05, 0.1) is 16.1 Å². The maximum absolute atomic E-state index is 12.6. The Kier molecular flexibility index (Phi) is 6.33. The van der Waals surface area contributed by atoms with Crippen molar-refractivity contribution < 1.29 is 32.3 Å². The number of ketones is 1. The molecule has 0 spiro atoms. The number of nitrogens with one attached hydrogen (secondary N) is 2. The van der Waals surface area contributed by atoms with Crippen molar-refractivity contribution in [3.8, 4) is 5.75 Å². The summed E-state index contributed by atoms with van der Waals surface area (Å²) in [6.07, 6.45) is 0. The van der Waals surface area contributed by atoms with Gasteiger partial charge in [-0.15, -0.1) is 0 Å². The predicted octanol–water partition coefficient (Wildman–Crippen LogP) is 3.17. The molecule has 1 amide bonds. The molecular weight excluding hydrogens is 460 g/mol. The summed E-state index contributed by atoms with van der Waals surface area (Å²) >= 11 is 0. The molecule has 1 aliphatic rings. The Morgan fingerprint density at radius 3 is 2.38 bits per heavy atom. The van der Waals surface area contributed by atoms with Crippen molar-refractivity contribution in [2.24, 2.45) is 0 Å². The van der Waals surface area contributed by atoms with Crippen molar-refractivity contribution in [3.63, 3.8) is 0 Å². The number of hydrogen-bond donors (Lipinski definition) is 2. The third kappa shape index (κ3) is 5.24. The minimum atomic E-state index is -3.84. The summed E-state index contributed by atoms with van der Waals surface area (Å²) in [6.45, 7) is 1.27. The lowest BCUT2D eigenvalue weighted by atomic mass is 10.1. The lowest BCUT2D eigenvalue weighted by molar-refractivity contribution is -0.118. The number of benzene rings is 3. The maximum atomic E-state index is 12.6. The fraction of sp³-hybridized carbons (Fsp3) is 0.125. The number of rotatable bonds is 7. The van der Waals surface area contributed by atoms with E-state index in [1.54, 1.807) is 30.3 Å². The van der Waals surface area contributed by atoms with Crippen LogP contribution in [0, 0.1) is 6.92 Å². The van der Waals surface area contributed by atoms with E-state index in [9.17, 15) is 22.8 Å². The highest BCUT2D eigenvalue weighted by atomic mass is 32.2. The number of anilines is 2. The molecule has 1 aliphatic heterocycles. The summed E-state index contributed by atoms with van der Waals surface area (Å²) in [6, 6.07) is 16.5. The highest BCUT2D eigenvalue weighted by Crippen LogP contribution is 2.28. The van der Waals surface area contributed by atoms with Gasteiger partial charge in [0.2, 0.25) is 0 Å². The highest BCUT2D eigenvalue weighted by Gasteiger charge is 2.20. The van der Waals surface area contributed by atoms with E-state index >= 15 is 0 Å². The number of carbonyl (C=O) groups excluding carboxylic acids is 3. The highest BCUT2D eigenvalue weighted by molar-refractivity contribution is 7.92. The molecule has 4 rings (SSSR count). The summed E-state index contributed by atoms with van der Waals surface area (Å²) in [5.41, 5.74) is 2.11. The molecule has 1 heterocycles. The van der Waals surface area contributed by atoms with Gasteiger partial charge in [0.1, 0.15) is 5.75 Å². The van der Waals surface area contributed by atoms with Crippen LogP contribution in [0.3, 0.4) is 0 Å². The quantitative estimate of drug-likeness (QED) is 0.393. The van der Waals surface area contributed by atoms with E-state index in [1.165, 1.54) is 36.4 Å². The summed E-state index contributed by atoms with van der Waals surface area (Å²) in [4.78, 5) is 36.1. The van der Waals surface area contributed by atoms with Crippen molar-refractivity contribution >= 4 is 39.1 Å². The van der Waals surface area contributed by atoms with Crippen molar-refractivity contribution in [2.45, 2.75) is 11.8 Å². The number of Topliss-reactive ketones (excluding diaryl/α,β-unsaturated/α-hetero) is 1. The second-order valence-corrected chi connectivity index (χ2v) is 9.23. The molecule has 0 unspecified atom stereocenters. The first-order valence-corrected chi connectivity index (χ1v) is 11.7. The molecule has 3 aromatic carbocycles. The van der Waals surface area contributed by atoms with E-state index < -0.39 is 28.4 Å². The SMILES string of the molecule is Cc1ccc(NS(=O)(=O)c2ccc(C(=O)OCC(=O)c3ccc4c(c3)NC(=O)CO4)cc2)cc1. The number of fused-ring (bicyclic) bond motifs is 1. The average Bonchev–Trinajstić information content (AvgIpc) is 2.83. The number of amides is 1. The van der Waals surface area contributed by atoms with Crippen LogP contribution in [0.4, 0.5) is 11.4 Å². The number of ether oxygens (including phenoxy) is 2. The zero-order chi connectivity index (χ0) is 24.3. The molecule has 3 aromatic rings. The third-order valence-electron chi connectivity index (χ3n) is 4.97. The zero-order valence-corrected chi connectivity index (χ0v) is 18.8. The number of hydrogen-bond acceptors (Lipinski definition) is 7. The molecule has 0 atom stereocenters. The molecule has 0 aromatic heterocycles. The Morgan fingerprint density at radius 2 is 1.68 bits per heavy atom. The van der Waals surface area contributed by atoms with E-state index in [0.29, 0.717) is 17.1 Å². The zero-order valence-electron chi connectivity index (χ0n) is 18.0. The molecular formula is C24H20N2O7S. The second-order valence-electron chi connectivity index (χ2n) is 7.54. The van der Waals surface area contributed by atoms with Crippen LogP contribution in [0.15, 0.2) is 71.6 Å². The third-order valence-corrected chi connectivity index (χ3v) is 6.37. The Morgan fingerprint density at radius 1 is 1.00 bits per heavy atom. The standard InChI is InChI=1S/C24H20N2O7S/c1-15-2-7-18(8-3-15)26-34(30,31)19-9-4-16(5-10-19)24(29)33-13-21(27)17-6-11-22-20(12-17)25-23(28)14-32-22/h2-12,26H,13-14H2,1H3,(H,25,28). The molecule has 10 heteroatoms. The predicted molar refractivity (Wildman–Crippen MR) is 124 cm³/mol. The van der Waals surface area contributed by atoms with Gasteiger partial charge in [0, 0.05) is 11.3 Å². The number of esters is 1. The fourth-order valence-electron chi connectivity index (χ4n) is 3.16. The Bertz CT molecular complexity index is 1370.